The first-order valence-corrected chi connectivity index (χ1v) is 7.04. The van der Waals surface area contributed by atoms with Gasteiger partial charge in [0.25, 0.3) is 0 Å². The van der Waals surface area contributed by atoms with E-state index in [9.17, 15) is 4.79 Å². The molecular weight excluding hydrogens is 290 g/mol. The molecule has 2 heterocycles. The minimum atomic E-state index is -0.929. The summed E-state index contributed by atoms with van der Waals surface area (Å²) in [6.07, 6.45) is 1.73. The summed E-state index contributed by atoms with van der Waals surface area (Å²) in [5.74, 6) is 5.36. The maximum atomic E-state index is 10.6. The highest BCUT2D eigenvalue weighted by Crippen LogP contribution is 2.24. The number of thioether (sulfide) groups is 1. The SMILES string of the molecule is Nn1c(SCC(=O)O)nnc1-c1ccc2ncccc2c1. The van der Waals surface area contributed by atoms with Gasteiger partial charge in [0.15, 0.2) is 5.82 Å². The lowest BCUT2D eigenvalue weighted by Crippen LogP contribution is -2.12. The Bertz CT molecular complexity index is 817. The summed E-state index contributed by atoms with van der Waals surface area (Å²) in [7, 11) is 0. The normalized spacial score (nSPS) is 10.9. The summed E-state index contributed by atoms with van der Waals surface area (Å²) in [5.41, 5.74) is 1.68. The Hall–Kier alpha value is -2.61. The molecule has 0 amide bonds. The fourth-order valence-electron chi connectivity index (χ4n) is 1.91. The smallest absolute Gasteiger partial charge is 0.313 e. The molecule has 0 fully saturated rings. The van der Waals surface area contributed by atoms with Crippen molar-refractivity contribution in [3.63, 3.8) is 0 Å². The number of nitrogens with two attached hydrogens (primary N) is 1. The Labute approximate surface area is 123 Å². The van der Waals surface area contributed by atoms with Gasteiger partial charge in [-0.1, -0.05) is 17.8 Å². The molecule has 0 radical (unpaired) electrons. The lowest BCUT2D eigenvalue weighted by Gasteiger charge is -2.04. The van der Waals surface area contributed by atoms with E-state index in [0.717, 1.165) is 28.2 Å². The van der Waals surface area contributed by atoms with E-state index in [1.807, 2.05) is 30.3 Å². The van der Waals surface area contributed by atoms with E-state index in [4.69, 9.17) is 10.9 Å². The number of fused-ring (bicyclic) bond motifs is 1. The summed E-state index contributed by atoms with van der Waals surface area (Å²) >= 11 is 1.03. The predicted molar refractivity (Wildman–Crippen MR) is 79.3 cm³/mol. The molecule has 21 heavy (non-hydrogen) atoms. The van der Waals surface area contributed by atoms with Crippen molar-refractivity contribution in [1.82, 2.24) is 19.9 Å². The van der Waals surface area contributed by atoms with Crippen molar-refractivity contribution in [3.05, 3.63) is 36.5 Å². The molecule has 0 aliphatic rings. The third-order valence-electron chi connectivity index (χ3n) is 2.85. The Kier molecular flexibility index (Phi) is 3.44. The molecule has 0 unspecified atom stereocenters. The zero-order valence-corrected chi connectivity index (χ0v) is 11.6. The second-order valence-corrected chi connectivity index (χ2v) is 5.21. The van der Waals surface area contributed by atoms with Crippen LogP contribution in [-0.2, 0) is 4.79 Å². The number of pyridine rings is 1. The molecule has 3 rings (SSSR count). The molecule has 0 bridgehead atoms. The Morgan fingerprint density at radius 2 is 2.19 bits per heavy atom. The zero-order valence-electron chi connectivity index (χ0n) is 10.8. The summed E-state index contributed by atoms with van der Waals surface area (Å²) < 4.78 is 1.30. The molecule has 0 aliphatic carbocycles. The van der Waals surface area contributed by atoms with Crippen molar-refractivity contribution in [3.8, 4) is 11.4 Å². The van der Waals surface area contributed by atoms with Gasteiger partial charge in [-0.2, -0.15) is 0 Å². The van der Waals surface area contributed by atoms with E-state index in [1.54, 1.807) is 6.20 Å². The van der Waals surface area contributed by atoms with E-state index < -0.39 is 5.97 Å². The molecule has 3 N–H and O–H groups in total. The van der Waals surface area contributed by atoms with Crippen molar-refractivity contribution in [2.75, 3.05) is 11.6 Å². The fraction of sp³-hybridized carbons (Fsp3) is 0.0769. The minimum absolute atomic E-state index is 0.114. The van der Waals surface area contributed by atoms with Gasteiger partial charge in [0.1, 0.15) is 0 Å². The minimum Gasteiger partial charge on any atom is -0.481 e. The number of carbonyl (C=O) groups is 1. The number of aromatic nitrogens is 4. The standard InChI is InChI=1S/C13H11N5O2S/c14-18-12(16-17-13(18)21-7-11(19)20)9-3-4-10-8(6-9)2-1-5-15-10/h1-6H,7,14H2,(H,19,20). The lowest BCUT2D eigenvalue weighted by atomic mass is 10.1. The molecule has 0 atom stereocenters. The van der Waals surface area contributed by atoms with E-state index in [2.05, 4.69) is 15.2 Å². The second kappa shape index (κ2) is 5.41. The van der Waals surface area contributed by atoms with Gasteiger partial charge >= 0.3 is 5.97 Å². The van der Waals surface area contributed by atoms with E-state index in [0.29, 0.717) is 11.0 Å². The van der Waals surface area contributed by atoms with Crippen LogP contribution in [0.5, 0.6) is 0 Å². The summed E-state index contributed by atoms with van der Waals surface area (Å²) in [4.78, 5) is 14.8. The number of rotatable bonds is 4. The number of benzene rings is 1. The summed E-state index contributed by atoms with van der Waals surface area (Å²) in [6.45, 7) is 0. The first-order chi connectivity index (χ1) is 10.1. The van der Waals surface area contributed by atoms with E-state index >= 15 is 0 Å². The molecule has 0 saturated carbocycles. The van der Waals surface area contributed by atoms with Gasteiger partial charge in [0.05, 0.1) is 11.3 Å². The third kappa shape index (κ3) is 2.65. The van der Waals surface area contributed by atoms with Gasteiger partial charge in [-0.15, -0.1) is 10.2 Å². The van der Waals surface area contributed by atoms with E-state index in [1.165, 1.54) is 4.68 Å². The van der Waals surface area contributed by atoms with Gasteiger partial charge in [0.2, 0.25) is 5.16 Å². The van der Waals surface area contributed by atoms with Crippen molar-refractivity contribution < 1.29 is 9.90 Å². The quantitative estimate of drug-likeness (QED) is 0.553. The number of hydrogen-bond donors (Lipinski definition) is 2. The largest absolute Gasteiger partial charge is 0.481 e. The van der Waals surface area contributed by atoms with Crippen LogP contribution >= 0.6 is 11.8 Å². The average Bonchev–Trinajstić information content (AvgIpc) is 2.85. The first kappa shape index (κ1) is 13.4. The molecule has 106 valence electrons. The zero-order chi connectivity index (χ0) is 14.8. The van der Waals surface area contributed by atoms with E-state index in [-0.39, 0.29) is 5.75 Å². The number of carboxylic acid groups (broad SMARTS) is 1. The highest BCUT2D eigenvalue weighted by atomic mass is 32.2. The van der Waals surface area contributed by atoms with Gasteiger partial charge in [-0.3, -0.25) is 9.78 Å². The molecular formula is C13H11N5O2S. The highest BCUT2D eigenvalue weighted by molar-refractivity contribution is 7.99. The number of hydrogen-bond acceptors (Lipinski definition) is 6. The molecule has 1 aromatic carbocycles. The number of aliphatic carboxylic acids is 1. The Morgan fingerprint density at radius 3 is 3.00 bits per heavy atom. The fourth-order valence-corrected chi connectivity index (χ4v) is 2.49. The van der Waals surface area contributed by atoms with Crippen LogP contribution in [0.4, 0.5) is 0 Å². The second-order valence-electron chi connectivity index (χ2n) is 4.27. The molecule has 3 aromatic rings. The monoisotopic (exact) mass is 301 g/mol. The Balaban J connectivity index is 1.97. The van der Waals surface area contributed by atoms with Crippen LogP contribution in [0.15, 0.2) is 41.7 Å². The van der Waals surface area contributed by atoms with Crippen LogP contribution in [0.25, 0.3) is 22.3 Å². The van der Waals surface area contributed by atoms with Gasteiger partial charge in [0, 0.05) is 17.1 Å². The van der Waals surface area contributed by atoms with Crippen LogP contribution < -0.4 is 5.84 Å². The molecule has 0 aliphatic heterocycles. The van der Waals surface area contributed by atoms with Crippen LogP contribution in [-0.4, -0.2) is 36.7 Å². The van der Waals surface area contributed by atoms with Gasteiger partial charge < -0.3 is 10.9 Å². The third-order valence-corrected chi connectivity index (χ3v) is 3.78. The Morgan fingerprint density at radius 1 is 1.33 bits per heavy atom. The number of carboxylic acids is 1. The molecule has 0 spiro atoms. The molecule has 8 heteroatoms. The van der Waals surface area contributed by atoms with Crippen LogP contribution in [0.3, 0.4) is 0 Å². The van der Waals surface area contributed by atoms with Gasteiger partial charge in [-0.05, 0) is 24.3 Å². The number of nitrogens with zero attached hydrogens (tertiary/aromatic N) is 4. The number of nitrogen functional groups attached to an aromatic ring is 1. The maximum Gasteiger partial charge on any atom is 0.313 e. The summed E-state index contributed by atoms with van der Waals surface area (Å²) in [6, 6.07) is 9.45. The topological polar surface area (TPSA) is 107 Å². The van der Waals surface area contributed by atoms with Crippen molar-refractivity contribution in [1.29, 1.82) is 0 Å². The molecule has 0 saturated heterocycles. The predicted octanol–water partition coefficient (Wildman–Crippen LogP) is 1.38. The highest BCUT2D eigenvalue weighted by Gasteiger charge is 2.13. The first-order valence-electron chi connectivity index (χ1n) is 6.05. The van der Waals surface area contributed by atoms with Crippen molar-refractivity contribution >= 4 is 28.6 Å². The van der Waals surface area contributed by atoms with Crippen LogP contribution in [0, 0.1) is 0 Å². The maximum absolute atomic E-state index is 10.6. The van der Waals surface area contributed by atoms with Crippen LogP contribution in [0.1, 0.15) is 0 Å². The molecule has 2 aromatic heterocycles. The van der Waals surface area contributed by atoms with Crippen molar-refractivity contribution in [2.24, 2.45) is 0 Å². The van der Waals surface area contributed by atoms with Crippen molar-refractivity contribution in [2.45, 2.75) is 5.16 Å². The molecule has 7 nitrogen and oxygen atoms in total. The van der Waals surface area contributed by atoms with Gasteiger partial charge in [-0.25, -0.2) is 4.68 Å². The average molecular weight is 301 g/mol. The lowest BCUT2D eigenvalue weighted by molar-refractivity contribution is -0.133. The van der Waals surface area contributed by atoms with Crippen LogP contribution in [0.2, 0.25) is 0 Å². The summed E-state index contributed by atoms with van der Waals surface area (Å²) in [5, 5.41) is 18.0.